The normalized spacial score (nSPS) is 11.1. The number of rotatable bonds is 4. The number of thioether (sulfide) groups is 1. The van der Waals surface area contributed by atoms with Gasteiger partial charge in [0, 0.05) is 18.2 Å². The standard InChI is InChI=1S/C8H15N3S2/c1-6(2)7-9-10-8(12)11(7)4-5-13-3/h6H,4-5H2,1-3H3,(H,10,12). The summed E-state index contributed by atoms with van der Waals surface area (Å²) < 4.78 is 2.81. The molecule has 1 N–H and O–H groups in total. The maximum Gasteiger partial charge on any atom is 0.195 e. The van der Waals surface area contributed by atoms with E-state index in [0.717, 1.165) is 22.9 Å². The molecule has 1 aromatic heterocycles. The summed E-state index contributed by atoms with van der Waals surface area (Å²) in [6.07, 6.45) is 2.10. The molecule has 0 radical (unpaired) electrons. The topological polar surface area (TPSA) is 33.6 Å². The van der Waals surface area contributed by atoms with Gasteiger partial charge >= 0.3 is 0 Å². The van der Waals surface area contributed by atoms with Gasteiger partial charge in [-0.1, -0.05) is 13.8 Å². The number of aromatic amines is 1. The van der Waals surface area contributed by atoms with Crippen LogP contribution in [0.4, 0.5) is 0 Å². The van der Waals surface area contributed by atoms with E-state index >= 15 is 0 Å². The molecule has 3 nitrogen and oxygen atoms in total. The van der Waals surface area contributed by atoms with Gasteiger partial charge in [0.2, 0.25) is 0 Å². The predicted molar refractivity (Wildman–Crippen MR) is 59.9 cm³/mol. The van der Waals surface area contributed by atoms with Gasteiger partial charge in [0.05, 0.1) is 0 Å². The van der Waals surface area contributed by atoms with Crippen LogP contribution < -0.4 is 0 Å². The summed E-state index contributed by atoms with van der Waals surface area (Å²) in [5.74, 6) is 2.56. The Morgan fingerprint density at radius 2 is 2.31 bits per heavy atom. The van der Waals surface area contributed by atoms with Crippen LogP contribution in [-0.4, -0.2) is 26.8 Å². The van der Waals surface area contributed by atoms with E-state index in [1.54, 1.807) is 0 Å². The molecule has 0 aliphatic heterocycles. The molecule has 0 aromatic carbocycles. The fraction of sp³-hybridized carbons (Fsp3) is 0.750. The summed E-state index contributed by atoms with van der Waals surface area (Å²) in [5.41, 5.74) is 0. The highest BCUT2D eigenvalue weighted by molar-refractivity contribution is 7.98. The van der Waals surface area contributed by atoms with Crippen LogP contribution in [0.1, 0.15) is 25.6 Å². The molecule has 1 aromatic rings. The van der Waals surface area contributed by atoms with Crippen molar-refractivity contribution in [1.29, 1.82) is 0 Å². The van der Waals surface area contributed by atoms with Crippen molar-refractivity contribution in [1.82, 2.24) is 14.8 Å². The van der Waals surface area contributed by atoms with Crippen molar-refractivity contribution < 1.29 is 0 Å². The van der Waals surface area contributed by atoms with Gasteiger partial charge in [-0.05, 0) is 18.5 Å². The smallest absolute Gasteiger partial charge is 0.195 e. The second-order valence-corrected chi connectivity index (χ2v) is 4.56. The first-order chi connectivity index (χ1) is 6.16. The van der Waals surface area contributed by atoms with E-state index in [1.807, 2.05) is 11.8 Å². The molecule has 0 saturated carbocycles. The minimum Gasteiger partial charge on any atom is -0.303 e. The van der Waals surface area contributed by atoms with Gasteiger partial charge in [-0.15, -0.1) is 0 Å². The zero-order valence-corrected chi connectivity index (χ0v) is 9.84. The molecular weight excluding hydrogens is 202 g/mol. The first-order valence-corrected chi connectivity index (χ1v) is 6.11. The second-order valence-electron chi connectivity index (χ2n) is 3.19. The first kappa shape index (κ1) is 10.8. The Labute approximate surface area is 87.9 Å². The number of hydrogen-bond donors (Lipinski definition) is 1. The van der Waals surface area contributed by atoms with E-state index in [2.05, 4.69) is 34.9 Å². The Hall–Kier alpha value is -0.290. The molecule has 0 aliphatic rings. The van der Waals surface area contributed by atoms with Gasteiger partial charge in [-0.25, -0.2) is 0 Å². The summed E-state index contributed by atoms with van der Waals surface area (Å²) in [6, 6.07) is 0. The maximum absolute atomic E-state index is 5.14. The Bertz CT molecular complexity index is 313. The molecule has 0 bridgehead atoms. The molecule has 1 heterocycles. The van der Waals surface area contributed by atoms with Crippen LogP contribution in [0.5, 0.6) is 0 Å². The van der Waals surface area contributed by atoms with Gasteiger partial charge in [0.1, 0.15) is 5.82 Å². The molecule has 0 amide bonds. The van der Waals surface area contributed by atoms with E-state index < -0.39 is 0 Å². The number of aromatic nitrogens is 3. The highest BCUT2D eigenvalue weighted by Crippen LogP contribution is 2.11. The van der Waals surface area contributed by atoms with E-state index in [4.69, 9.17) is 12.2 Å². The molecule has 0 spiro atoms. The first-order valence-electron chi connectivity index (χ1n) is 4.31. The maximum atomic E-state index is 5.14. The predicted octanol–water partition coefficient (Wildman–Crippen LogP) is 2.43. The zero-order chi connectivity index (χ0) is 9.84. The van der Waals surface area contributed by atoms with Crippen LogP contribution in [-0.2, 0) is 6.54 Å². The van der Waals surface area contributed by atoms with Gasteiger partial charge < -0.3 is 4.57 Å². The van der Waals surface area contributed by atoms with Crippen molar-refractivity contribution in [3.05, 3.63) is 10.6 Å². The Morgan fingerprint density at radius 1 is 1.62 bits per heavy atom. The summed E-state index contributed by atoms with van der Waals surface area (Å²) in [4.78, 5) is 0. The summed E-state index contributed by atoms with van der Waals surface area (Å²) >= 11 is 6.96. The third kappa shape index (κ3) is 2.57. The van der Waals surface area contributed by atoms with Crippen LogP contribution in [0.3, 0.4) is 0 Å². The quantitative estimate of drug-likeness (QED) is 0.786. The summed E-state index contributed by atoms with van der Waals surface area (Å²) in [7, 11) is 0. The number of H-pyrrole nitrogens is 1. The lowest BCUT2D eigenvalue weighted by molar-refractivity contribution is 0.652. The molecule has 1 rings (SSSR count). The third-order valence-electron chi connectivity index (χ3n) is 1.82. The van der Waals surface area contributed by atoms with E-state index in [1.165, 1.54) is 0 Å². The molecular formula is C8H15N3S2. The van der Waals surface area contributed by atoms with Crippen molar-refractivity contribution in [2.24, 2.45) is 0 Å². The van der Waals surface area contributed by atoms with Gasteiger partial charge in [-0.2, -0.15) is 16.9 Å². The molecule has 0 fully saturated rings. The Balaban J connectivity index is 2.88. The van der Waals surface area contributed by atoms with Gasteiger partial charge in [0.25, 0.3) is 0 Å². The monoisotopic (exact) mass is 217 g/mol. The third-order valence-corrected chi connectivity index (χ3v) is 2.73. The summed E-state index contributed by atoms with van der Waals surface area (Å²) in [5, 5.41) is 7.04. The lowest BCUT2D eigenvalue weighted by Crippen LogP contribution is -2.07. The molecule has 0 saturated heterocycles. The van der Waals surface area contributed by atoms with Crippen molar-refractivity contribution in [3.8, 4) is 0 Å². The van der Waals surface area contributed by atoms with Crippen molar-refractivity contribution in [2.45, 2.75) is 26.3 Å². The lowest BCUT2D eigenvalue weighted by atomic mass is 10.2. The van der Waals surface area contributed by atoms with Crippen molar-refractivity contribution >= 4 is 24.0 Å². The van der Waals surface area contributed by atoms with Crippen molar-refractivity contribution in [2.75, 3.05) is 12.0 Å². The van der Waals surface area contributed by atoms with Crippen LogP contribution in [0.15, 0.2) is 0 Å². The van der Waals surface area contributed by atoms with E-state index in [9.17, 15) is 0 Å². The SMILES string of the molecule is CSCCn1c(C(C)C)n[nH]c1=S. The van der Waals surface area contributed by atoms with E-state index in [-0.39, 0.29) is 0 Å². The number of hydrogen-bond acceptors (Lipinski definition) is 3. The fourth-order valence-electron chi connectivity index (χ4n) is 1.17. The number of nitrogens with zero attached hydrogens (tertiary/aromatic N) is 2. The second kappa shape index (κ2) is 4.81. The van der Waals surface area contributed by atoms with Crippen LogP contribution >= 0.6 is 24.0 Å². The van der Waals surface area contributed by atoms with Crippen LogP contribution in [0.25, 0.3) is 0 Å². The van der Waals surface area contributed by atoms with Gasteiger partial charge in [-0.3, -0.25) is 5.10 Å². The molecule has 0 aliphatic carbocycles. The Morgan fingerprint density at radius 3 is 2.85 bits per heavy atom. The molecule has 0 atom stereocenters. The molecule has 74 valence electrons. The van der Waals surface area contributed by atoms with Gasteiger partial charge in [0.15, 0.2) is 4.77 Å². The highest BCUT2D eigenvalue weighted by atomic mass is 32.2. The molecule has 0 unspecified atom stereocenters. The minimum absolute atomic E-state index is 0.426. The Kier molecular flexibility index (Phi) is 3.99. The van der Waals surface area contributed by atoms with Crippen molar-refractivity contribution in [3.63, 3.8) is 0 Å². The van der Waals surface area contributed by atoms with Crippen LogP contribution in [0.2, 0.25) is 0 Å². The lowest BCUT2D eigenvalue weighted by Gasteiger charge is -2.07. The molecule has 5 heteroatoms. The minimum atomic E-state index is 0.426. The van der Waals surface area contributed by atoms with E-state index in [0.29, 0.717) is 5.92 Å². The molecule has 13 heavy (non-hydrogen) atoms. The fourth-order valence-corrected chi connectivity index (χ4v) is 1.76. The number of nitrogens with one attached hydrogen (secondary N) is 1. The highest BCUT2D eigenvalue weighted by Gasteiger charge is 2.08. The summed E-state index contributed by atoms with van der Waals surface area (Å²) in [6.45, 7) is 5.20. The zero-order valence-electron chi connectivity index (χ0n) is 8.20. The largest absolute Gasteiger partial charge is 0.303 e. The average Bonchev–Trinajstić information content (AvgIpc) is 2.43. The van der Waals surface area contributed by atoms with Crippen LogP contribution in [0, 0.1) is 4.77 Å². The average molecular weight is 217 g/mol.